The molecule has 0 saturated carbocycles. The van der Waals surface area contributed by atoms with Crippen molar-refractivity contribution in [2.24, 2.45) is 5.73 Å². The molecule has 0 saturated heterocycles. The van der Waals surface area contributed by atoms with E-state index in [4.69, 9.17) is 17.3 Å². The second kappa shape index (κ2) is 4.83. The molecule has 0 unspecified atom stereocenters. The van der Waals surface area contributed by atoms with Crippen molar-refractivity contribution in [3.8, 4) is 0 Å². The van der Waals surface area contributed by atoms with Gasteiger partial charge >= 0.3 is 0 Å². The minimum absolute atomic E-state index is 0.0193. The Morgan fingerprint density at radius 3 is 2.68 bits per heavy atom. The van der Waals surface area contributed by atoms with Crippen LogP contribution in [0.15, 0.2) is 42.5 Å². The third kappa shape index (κ3) is 2.44. The van der Waals surface area contributed by atoms with Crippen molar-refractivity contribution in [1.29, 1.82) is 0 Å². The molecule has 1 aliphatic heterocycles. The molecule has 1 heterocycles. The lowest BCUT2D eigenvalue weighted by atomic mass is 10.1. The van der Waals surface area contributed by atoms with Crippen LogP contribution in [-0.4, -0.2) is 6.54 Å². The predicted octanol–water partition coefficient (Wildman–Crippen LogP) is 3.50. The second-order valence-electron chi connectivity index (χ2n) is 4.82. The third-order valence-electron chi connectivity index (χ3n) is 3.43. The van der Waals surface area contributed by atoms with Crippen LogP contribution in [0.1, 0.15) is 17.2 Å². The van der Waals surface area contributed by atoms with Gasteiger partial charge in [-0.3, -0.25) is 0 Å². The van der Waals surface area contributed by atoms with Crippen molar-refractivity contribution in [3.63, 3.8) is 0 Å². The summed E-state index contributed by atoms with van der Waals surface area (Å²) in [6.07, 6.45) is 0. The van der Waals surface area contributed by atoms with Crippen LogP contribution in [0.3, 0.4) is 0 Å². The molecule has 98 valence electrons. The highest BCUT2D eigenvalue weighted by Gasteiger charge is 2.25. The van der Waals surface area contributed by atoms with E-state index in [2.05, 4.69) is 4.90 Å². The first kappa shape index (κ1) is 12.5. The molecule has 0 amide bonds. The molecule has 0 aromatic heterocycles. The monoisotopic (exact) mass is 276 g/mol. The van der Waals surface area contributed by atoms with E-state index in [1.165, 1.54) is 12.1 Å². The van der Waals surface area contributed by atoms with E-state index in [0.29, 0.717) is 5.02 Å². The Balaban J connectivity index is 1.86. The topological polar surface area (TPSA) is 29.3 Å². The number of hydrogen-bond acceptors (Lipinski definition) is 2. The number of nitrogens with zero attached hydrogens (tertiary/aromatic N) is 1. The summed E-state index contributed by atoms with van der Waals surface area (Å²) < 4.78 is 12.9. The van der Waals surface area contributed by atoms with Gasteiger partial charge in [0.25, 0.3) is 0 Å². The highest BCUT2D eigenvalue weighted by atomic mass is 35.5. The Labute approximate surface area is 116 Å². The third-order valence-corrected chi connectivity index (χ3v) is 3.67. The Morgan fingerprint density at radius 1 is 1.21 bits per heavy atom. The van der Waals surface area contributed by atoms with Crippen molar-refractivity contribution in [1.82, 2.24) is 0 Å². The molecular formula is C15H14ClFN2. The number of rotatable bonds is 2. The molecule has 4 heteroatoms. The molecule has 2 N–H and O–H groups in total. The molecule has 0 aliphatic carbocycles. The summed E-state index contributed by atoms with van der Waals surface area (Å²) in [5, 5.41) is 0.706. The maximum absolute atomic E-state index is 12.9. The fraction of sp³-hybridized carbons (Fsp3) is 0.200. The molecule has 0 fully saturated rings. The van der Waals surface area contributed by atoms with Gasteiger partial charge in [-0.15, -0.1) is 0 Å². The molecule has 2 aromatic rings. The molecule has 1 aliphatic rings. The molecule has 2 aromatic carbocycles. The maximum Gasteiger partial charge on any atom is 0.123 e. The van der Waals surface area contributed by atoms with E-state index in [9.17, 15) is 4.39 Å². The summed E-state index contributed by atoms with van der Waals surface area (Å²) in [5.74, 6) is -0.214. The van der Waals surface area contributed by atoms with Gasteiger partial charge in [-0.1, -0.05) is 23.7 Å². The predicted molar refractivity (Wildman–Crippen MR) is 75.8 cm³/mol. The summed E-state index contributed by atoms with van der Waals surface area (Å²) in [4.78, 5) is 2.20. The van der Waals surface area contributed by atoms with E-state index in [-0.39, 0.29) is 11.9 Å². The van der Waals surface area contributed by atoms with Gasteiger partial charge in [-0.05, 0) is 41.5 Å². The van der Waals surface area contributed by atoms with Crippen LogP contribution in [0.25, 0.3) is 0 Å². The molecule has 2 nitrogen and oxygen atoms in total. The Kier molecular flexibility index (Phi) is 3.17. The van der Waals surface area contributed by atoms with Gasteiger partial charge in [0.2, 0.25) is 0 Å². The Morgan fingerprint density at radius 2 is 1.95 bits per heavy atom. The minimum Gasteiger partial charge on any atom is -0.365 e. The summed E-state index contributed by atoms with van der Waals surface area (Å²) in [7, 11) is 0. The van der Waals surface area contributed by atoms with E-state index < -0.39 is 0 Å². The number of hydrogen-bond donors (Lipinski definition) is 1. The van der Waals surface area contributed by atoms with Gasteiger partial charge < -0.3 is 10.6 Å². The van der Waals surface area contributed by atoms with Crippen LogP contribution >= 0.6 is 11.6 Å². The summed E-state index contributed by atoms with van der Waals surface area (Å²) in [6.45, 7) is 1.48. The summed E-state index contributed by atoms with van der Waals surface area (Å²) in [5.41, 5.74) is 9.38. The Bertz CT molecular complexity index is 598. The normalized spacial score (nSPS) is 17.6. The molecular weight excluding hydrogens is 263 g/mol. The average Bonchev–Trinajstić information content (AvgIpc) is 2.69. The zero-order valence-electron chi connectivity index (χ0n) is 10.3. The van der Waals surface area contributed by atoms with E-state index >= 15 is 0 Å². The first-order valence-corrected chi connectivity index (χ1v) is 6.56. The smallest absolute Gasteiger partial charge is 0.123 e. The number of anilines is 1. The molecule has 3 rings (SSSR count). The lowest BCUT2D eigenvalue weighted by Gasteiger charge is -2.19. The van der Waals surface area contributed by atoms with Gasteiger partial charge in [0, 0.05) is 29.8 Å². The number of fused-ring (bicyclic) bond motifs is 1. The largest absolute Gasteiger partial charge is 0.365 e. The number of benzene rings is 2. The van der Waals surface area contributed by atoms with Crippen molar-refractivity contribution >= 4 is 17.3 Å². The van der Waals surface area contributed by atoms with E-state index in [0.717, 1.165) is 29.9 Å². The second-order valence-corrected chi connectivity index (χ2v) is 5.25. The van der Waals surface area contributed by atoms with Gasteiger partial charge in [0.15, 0.2) is 0 Å². The van der Waals surface area contributed by atoms with Crippen molar-refractivity contribution in [2.75, 3.05) is 11.4 Å². The maximum atomic E-state index is 12.9. The van der Waals surface area contributed by atoms with Crippen molar-refractivity contribution in [3.05, 3.63) is 64.4 Å². The number of nitrogens with two attached hydrogens (primary N) is 1. The fourth-order valence-corrected chi connectivity index (χ4v) is 2.68. The molecule has 19 heavy (non-hydrogen) atoms. The highest BCUT2D eigenvalue weighted by Crippen LogP contribution is 2.36. The first-order valence-electron chi connectivity index (χ1n) is 6.18. The van der Waals surface area contributed by atoms with E-state index in [1.54, 1.807) is 12.1 Å². The van der Waals surface area contributed by atoms with Crippen LogP contribution in [0.5, 0.6) is 0 Å². The highest BCUT2D eigenvalue weighted by molar-refractivity contribution is 6.30. The number of halogens is 2. The van der Waals surface area contributed by atoms with Crippen LogP contribution in [0.2, 0.25) is 5.02 Å². The van der Waals surface area contributed by atoms with E-state index in [1.807, 2.05) is 18.2 Å². The SMILES string of the molecule is N[C@H]1CN(Cc2ccc(F)cc2)c2ccc(Cl)cc21. The quantitative estimate of drug-likeness (QED) is 0.910. The summed E-state index contributed by atoms with van der Waals surface area (Å²) >= 11 is 6.00. The summed E-state index contributed by atoms with van der Waals surface area (Å²) in [6, 6.07) is 12.3. The molecule has 0 spiro atoms. The standard InChI is InChI=1S/C15H14ClFN2/c16-11-3-6-15-13(7-11)14(18)9-19(15)8-10-1-4-12(17)5-2-10/h1-7,14H,8-9,18H2/t14-/m0/s1. The van der Waals surface area contributed by atoms with Gasteiger partial charge in [-0.2, -0.15) is 0 Å². The average molecular weight is 277 g/mol. The lowest BCUT2D eigenvalue weighted by molar-refractivity contribution is 0.626. The first-order chi connectivity index (χ1) is 9.13. The lowest BCUT2D eigenvalue weighted by Crippen LogP contribution is -2.23. The Hall–Kier alpha value is -1.58. The van der Waals surface area contributed by atoms with Gasteiger partial charge in [0.1, 0.15) is 5.82 Å². The zero-order chi connectivity index (χ0) is 13.4. The van der Waals surface area contributed by atoms with Crippen LogP contribution in [0.4, 0.5) is 10.1 Å². The van der Waals surface area contributed by atoms with Gasteiger partial charge in [0.05, 0.1) is 0 Å². The molecule has 1 atom stereocenters. The van der Waals surface area contributed by atoms with Crippen LogP contribution in [0, 0.1) is 5.82 Å². The van der Waals surface area contributed by atoms with Crippen molar-refractivity contribution < 1.29 is 4.39 Å². The zero-order valence-corrected chi connectivity index (χ0v) is 11.1. The molecule has 0 bridgehead atoms. The minimum atomic E-state index is -0.214. The van der Waals surface area contributed by atoms with Crippen molar-refractivity contribution in [2.45, 2.75) is 12.6 Å². The van der Waals surface area contributed by atoms with Crippen LogP contribution < -0.4 is 10.6 Å². The molecule has 0 radical (unpaired) electrons. The van der Waals surface area contributed by atoms with Gasteiger partial charge in [-0.25, -0.2) is 4.39 Å². The van der Waals surface area contributed by atoms with Crippen LogP contribution in [-0.2, 0) is 6.54 Å². The fourth-order valence-electron chi connectivity index (χ4n) is 2.50.